The summed E-state index contributed by atoms with van der Waals surface area (Å²) in [5, 5.41) is 2.02. The van der Waals surface area contributed by atoms with Gasteiger partial charge in [-0.1, -0.05) is 37.3 Å². The molecule has 36 heavy (non-hydrogen) atoms. The molecule has 2 aromatic rings. The summed E-state index contributed by atoms with van der Waals surface area (Å²) >= 11 is 0. The van der Waals surface area contributed by atoms with E-state index in [-0.39, 0.29) is 17.7 Å². The number of amides is 1. The van der Waals surface area contributed by atoms with Gasteiger partial charge in [0.15, 0.2) is 0 Å². The number of rotatable bonds is 5. The van der Waals surface area contributed by atoms with Crippen LogP contribution in [-0.2, 0) is 11.2 Å². The lowest BCUT2D eigenvalue weighted by Gasteiger charge is -2.36. The number of nitrogens with one attached hydrogen (secondary N) is 1. The molecule has 2 heterocycles. The van der Waals surface area contributed by atoms with Crippen LogP contribution in [-0.4, -0.2) is 23.9 Å². The molecule has 0 bridgehead atoms. The maximum absolute atomic E-state index is 13.8. The average Bonchev–Trinajstić information content (AvgIpc) is 3.54. The molecular formula is C31H34FN3O. The Morgan fingerprint density at radius 3 is 2.69 bits per heavy atom. The van der Waals surface area contributed by atoms with Crippen LogP contribution in [0.5, 0.6) is 0 Å². The number of aryl methyl sites for hydroxylation is 1. The van der Waals surface area contributed by atoms with Crippen LogP contribution in [0.3, 0.4) is 0 Å². The Balaban J connectivity index is 1.17. The number of benzene rings is 2. The number of fused-ring (bicyclic) bond motifs is 1. The van der Waals surface area contributed by atoms with Gasteiger partial charge < -0.3 is 10.3 Å². The fraction of sp³-hybridized carbons (Fsp3) is 0.387. The molecule has 1 saturated heterocycles. The van der Waals surface area contributed by atoms with E-state index in [1.54, 1.807) is 12.1 Å². The van der Waals surface area contributed by atoms with E-state index in [2.05, 4.69) is 53.7 Å². The summed E-state index contributed by atoms with van der Waals surface area (Å²) in [4.78, 5) is 16.0. The number of halogens is 1. The third-order valence-corrected chi connectivity index (χ3v) is 8.48. The van der Waals surface area contributed by atoms with Crippen molar-refractivity contribution in [3.8, 4) is 0 Å². The quantitative estimate of drug-likeness (QED) is 0.554. The standard InChI is InChI=1S/C31H34FN3O/c1-21-28-19-33-35(26-14-12-25(32)13-15-26)29(28)18-24-11-16-27(30(21)24)31(36)34-17-5-8-23(20-34)10-9-22-6-3-2-4-7-22/h2-4,6-7,12-15,18-19,21,23,27,33H,5,8-11,16-17,20H2,1H3/t21-,23?,27-/m0/s1. The topological polar surface area (TPSA) is 35.6 Å². The molecule has 2 aromatic carbocycles. The van der Waals surface area contributed by atoms with Gasteiger partial charge in [0.25, 0.3) is 0 Å². The number of likely N-dealkylation sites (tertiary alicyclic amines) is 1. The van der Waals surface area contributed by atoms with Gasteiger partial charge >= 0.3 is 0 Å². The number of hydrogen-bond donors (Lipinski definition) is 1. The second-order valence-electron chi connectivity index (χ2n) is 10.7. The second-order valence-corrected chi connectivity index (χ2v) is 10.7. The van der Waals surface area contributed by atoms with E-state index in [0.717, 1.165) is 56.6 Å². The van der Waals surface area contributed by atoms with Crippen LogP contribution in [0.1, 0.15) is 44.6 Å². The summed E-state index contributed by atoms with van der Waals surface area (Å²) in [5.74, 6) is 0.850. The maximum Gasteiger partial charge on any atom is 0.229 e. The van der Waals surface area contributed by atoms with Crippen LogP contribution in [0.15, 0.2) is 89.3 Å². The van der Waals surface area contributed by atoms with Gasteiger partial charge in [-0.25, -0.2) is 4.39 Å². The molecule has 0 spiro atoms. The minimum Gasteiger partial charge on any atom is -0.342 e. The van der Waals surface area contributed by atoms with E-state index >= 15 is 0 Å². The summed E-state index contributed by atoms with van der Waals surface area (Å²) < 4.78 is 13.5. The van der Waals surface area contributed by atoms with E-state index < -0.39 is 0 Å². The van der Waals surface area contributed by atoms with Gasteiger partial charge in [0, 0.05) is 30.8 Å². The molecule has 1 fully saturated rings. The predicted octanol–water partition coefficient (Wildman–Crippen LogP) is 6.15. The van der Waals surface area contributed by atoms with Crippen LogP contribution in [0, 0.1) is 23.6 Å². The van der Waals surface area contributed by atoms with Gasteiger partial charge in [0.1, 0.15) is 5.82 Å². The molecule has 2 aliphatic carbocycles. The highest BCUT2D eigenvalue weighted by atomic mass is 19.1. The first-order valence-electron chi connectivity index (χ1n) is 13.4. The lowest BCUT2D eigenvalue weighted by Crippen LogP contribution is -2.43. The number of hydrogen-bond acceptors (Lipinski definition) is 3. The SMILES string of the molecule is C[C@H]1C2=CNN(c3ccc(F)cc3)C2=CC2=C1[C@@H](C(=O)N1CCCC(CCc3ccccc3)C1)CC2. The fourth-order valence-corrected chi connectivity index (χ4v) is 6.59. The van der Waals surface area contributed by atoms with Gasteiger partial charge in [0.05, 0.1) is 17.3 Å². The van der Waals surface area contributed by atoms with E-state index in [1.165, 1.54) is 40.8 Å². The van der Waals surface area contributed by atoms with Crippen molar-refractivity contribution in [2.24, 2.45) is 17.8 Å². The first-order valence-corrected chi connectivity index (χ1v) is 13.4. The Morgan fingerprint density at radius 1 is 1.08 bits per heavy atom. The van der Waals surface area contributed by atoms with Crippen molar-refractivity contribution in [3.63, 3.8) is 0 Å². The van der Waals surface area contributed by atoms with Gasteiger partial charge in [-0.15, -0.1) is 0 Å². The molecule has 4 aliphatic rings. The minimum atomic E-state index is -0.237. The molecule has 1 N–H and O–H groups in total. The van der Waals surface area contributed by atoms with Gasteiger partial charge in [0.2, 0.25) is 5.91 Å². The molecule has 0 aromatic heterocycles. The number of nitrogens with zero attached hydrogens (tertiary/aromatic N) is 2. The van der Waals surface area contributed by atoms with Crippen molar-refractivity contribution in [1.29, 1.82) is 0 Å². The third kappa shape index (κ3) is 4.25. The molecule has 0 saturated carbocycles. The zero-order valence-corrected chi connectivity index (χ0v) is 20.9. The highest BCUT2D eigenvalue weighted by Crippen LogP contribution is 2.48. The summed E-state index contributed by atoms with van der Waals surface area (Å²) in [6, 6.07) is 17.2. The van der Waals surface area contributed by atoms with Gasteiger partial charge in [-0.2, -0.15) is 0 Å². The Morgan fingerprint density at radius 2 is 1.89 bits per heavy atom. The summed E-state index contributed by atoms with van der Waals surface area (Å²) in [6.07, 6.45) is 10.7. The molecule has 6 rings (SSSR count). The number of carbonyl (C=O) groups is 1. The first kappa shape index (κ1) is 23.1. The van der Waals surface area contributed by atoms with Crippen LogP contribution in [0.4, 0.5) is 10.1 Å². The van der Waals surface area contributed by atoms with Crippen molar-refractivity contribution in [2.75, 3.05) is 18.1 Å². The van der Waals surface area contributed by atoms with Crippen LogP contribution in [0.25, 0.3) is 0 Å². The molecule has 2 aliphatic heterocycles. The Bertz CT molecular complexity index is 1230. The van der Waals surface area contributed by atoms with Crippen LogP contribution < -0.4 is 10.4 Å². The number of allylic oxidation sites excluding steroid dienone is 3. The van der Waals surface area contributed by atoms with Crippen molar-refractivity contribution in [3.05, 3.63) is 101 Å². The summed E-state index contributed by atoms with van der Waals surface area (Å²) in [5.41, 5.74) is 10.6. The van der Waals surface area contributed by atoms with E-state index in [9.17, 15) is 9.18 Å². The molecule has 1 unspecified atom stereocenters. The lowest BCUT2D eigenvalue weighted by molar-refractivity contribution is -0.136. The maximum atomic E-state index is 13.8. The molecule has 5 heteroatoms. The van der Waals surface area contributed by atoms with Crippen molar-refractivity contribution in [2.45, 2.75) is 45.4 Å². The third-order valence-electron chi connectivity index (χ3n) is 8.48. The van der Waals surface area contributed by atoms with Gasteiger partial charge in [-0.3, -0.25) is 9.80 Å². The number of hydrazine groups is 1. The van der Waals surface area contributed by atoms with Crippen molar-refractivity contribution >= 4 is 11.6 Å². The molecule has 4 nitrogen and oxygen atoms in total. The number of anilines is 1. The molecule has 186 valence electrons. The fourth-order valence-electron chi connectivity index (χ4n) is 6.59. The molecular weight excluding hydrogens is 449 g/mol. The summed E-state index contributed by atoms with van der Waals surface area (Å²) in [6.45, 7) is 4.01. The Kier molecular flexibility index (Phi) is 6.16. The largest absolute Gasteiger partial charge is 0.342 e. The lowest BCUT2D eigenvalue weighted by atomic mass is 9.79. The first-order chi connectivity index (χ1) is 17.6. The van der Waals surface area contributed by atoms with Crippen molar-refractivity contribution < 1.29 is 9.18 Å². The molecule has 1 amide bonds. The second kappa shape index (κ2) is 9.61. The van der Waals surface area contributed by atoms with E-state index in [1.807, 2.05) is 11.2 Å². The zero-order valence-electron chi connectivity index (χ0n) is 20.9. The van der Waals surface area contributed by atoms with Gasteiger partial charge in [-0.05, 0) is 91.5 Å². The Hall–Kier alpha value is -3.34. The Labute approximate surface area is 213 Å². The number of piperidine rings is 1. The summed E-state index contributed by atoms with van der Waals surface area (Å²) in [7, 11) is 0. The average molecular weight is 484 g/mol. The highest BCUT2D eigenvalue weighted by molar-refractivity contribution is 5.84. The number of carbonyl (C=O) groups excluding carboxylic acids is 1. The highest BCUT2D eigenvalue weighted by Gasteiger charge is 2.42. The predicted molar refractivity (Wildman–Crippen MR) is 141 cm³/mol. The smallest absolute Gasteiger partial charge is 0.229 e. The van der Waals surface area contributed by atoms with Crippen LogP contribution in [0.2, 0.25) is 0 Å². The van der Waals surface area contributed by atoms with E-state index in [0.29, 0.717) is 11.8 Å². The normalized spacial score (nSPS) is 25.2. The molecule has 0 radical (unpaired) electrons. The van der Waals surface area contributed by atoms with E-state index in [4.69, 9.17) is 0 Å². The molecule has 3 atom stereocenters. The van der Waals surface area contributed by atoms with Crippen LogP contribution >= 0.6 is 0 Å². The van der Waals surface area contributed by atoms with Crippen molar-refractivity contribution in [1.82, 2.24) is 10.3 Å². The monoisotopic (exact) mass is 483 g/mol. The zero-order chi connectivity index (χ0) is 24.6. The minimum absolute atomic E-state index is 0.0126.